The molecule has 0 saturated heterocycles. The number of ether oxygens (including phenoxy) is 1. The molecule has 0 spiro atoms. The SMILES string of the molecule is COC(=O)c1ccc(C2C(C(C)=O)=C(O)C(=O)N2CCc2c(C(C)(C)C)n(C(=O)O)c3ccccc23)cc1. The number of rotatable bonds is 6. The molecule has 0 aliphatic carbocycles. The van der Waals surface area contributed by atoms with Crippen LogP contribution in [0.2, 0.25) is 0 Å². The lowest BCUT2D eigenvalue weighted by Gasteiger charge is -2.28. The minimum absolute atomic E-state index is 0.0233. The predicted molar refractivity (Wildman–Crippen MR) is 140 cm³/mol. The summed E-state index contributed by atoms with van der Waals surface area (Å²) in [6, 6.07) is 12.7. The minimum Gasteiger partial charge on any atom is -0.503 e. The fourth-order valence-corrected chi connectivity index (χ4v) is 5.29. The molecule has 9 nitrogen and oxygen atoms in total. The highest BCUT2D eigenvalue weighted by molar-refractivity contribution is 6.08. The summed E-state index contributed by atoms with van der Waals surface area (Å²) in [5.74, 6) is -2.26. The fraction of sp³-hybridized carbons (Fsp3) is 0.310. The van der Waals surface area contributed by atoms with Gasteiger partial charge in [-0.05, 0) is 42.7 Å². The van der Waals surface area contributed by atoms with Gasteiger partial charge in [-0.25, -0.2) is 14.2 Å². The molecule has 1 atom stereocenters. The smallest absolute Gasteiger partial charge is 0.416 e. The van der Waals surface area contributed by atoms with E-state index < -0.39 is 41.0 Å². The van der Waals surface area contributed by atoms with Crippen molar-refractivity contribution in [2.75, 3.05) is 13.7 Å². The molecule has 1 aliphatic rings. The first-order valence-electron chi connectivity index (χ1n) is 12.2. The van der Waals surface area contributed by atoms with E-state index in [0.29, 0.717) is 22.3 Å². The van der Waals surface area contributed by atoms with E-state index in [0.717, 1.165) is 10.9 Å². The lowest BCUT2D eigenvalue weighted by Crippen LogP contribution is -2.33. The summed E-state index contributed by atoms with van der Waals surface area (Å²) in [6.07, 6.45) is -0.815. The Morgan fingerprint density at radius 1 is 1.03 bits per heavy atom. The number of esters is 1. The Balaban J connectivity index is 1.79. The first-order valence-corrected chi connectivity index (χ1v) is 12.2. The first-order chi connectivity index (χ1) is 17.9. The second-order valence-corrected chi connectivity index (χ2v) is 10.3. The van der Waals surface area contributed by atoms with Gasteiger partial charge in [0, 0.05) is 23.0 Å². The number of hydrogen-bond acceptors (Lipinski definition) is 6. The molecule has 38 heavy (non-hydrogen) atoms. The van der Waals surface area contributed by atoms with E-state index in [1.165, 1.54) is 35.6 Å². The number of aliphatic hydroxyl groups excluding tert-OH is 1. The number of fused-ring (bicyclic) bond motifs is 1. The third-order valence-electron chi connectivity index (χ3n) is 6.81. The van der Waals surface area contributed by atoms with Crippen molar-refractivity contribution in [1.82, 2.24) is 9.47 Å². The summed E-state index contributed by atoms with van der Waals surface area (Å²) >= 11 is 0. The Labute approximate surface area is 219 Å². The van der Waals surface area contributed by atoms with Crippen molar-refractivity contribution in [3.63, 3.8) is 0 Å². The lowest BCUT2D eigenvalue weighted by molar-refractivity contribution is -0.129. The van der Waals surface area contributed by atoms with Gasteiger partial charge < -0.3 is 19.8 Å². The number of Topliss-reactive ketones (excluding diaryl/α,β-unsaturated/α-hetero) is 1. The average Bonchev–Trinajstić information content (AvgIpc) is 3.34. The van der Waals surface area contributed by atoms with Gasteiger partial charge in [-0.2, -0.15) is 0 Å². The Bertz CT molecular complexity index is 1490. The van der Waals surface area contributed by atoms with Gasteiger partial charge >= 0.3 is 12.1 Å². The van der Waals surface area contributed by atoms with Gasteiger partial charge in [0.2, 0.25) is 0 Å². The molecule has 4 rings (SSSR count). The van der Waals surface area contributed by atoms with Crippen molar-refractivity contribution in [3.8, 4) is 0 Å². The molecule has 1 aliphatic heterocycles. The second kappa shape index (κ2) is 9.81. The number of para-hydroxylation sites is 1. The van der Waals surface area contributed by atoms with Gasteiger partial charge in [-0.3, -0.25) is 9.59 Å². The van der Waals surface area contributed by atoms with E-state index in [1.807, 2.05) is 32.9 Å². The largest absolute Gasteiger partial charge is 0.503 e. The van der Waals surface area contributed by atoms with Crippen molar-refractivity contribution in [2.45, 2.75) is 45.6 Å². The van der Waals surface area contributed by atoms with E-state index in [9.17, 15) is 29.4 Å². The highest BCUT2D eigenvalue weighted by atomic mass is 16.5. The Kier molecular flexibility index (Phi) is 6.88. The van der Waals surface area contributed by atoms with Crippen molar-refractivity contribution >= 4 is 34.7 Å². The highest BCUT2D eigenvalue weighted by Crippen LogP contribution is 2.39. The van der Waals surface area contributed by atoms with Crippen LogP contribution in [0.25, 0.3) is 10.9 Å². The summed E-state index contributed by atoms with van der Waals surface area (Å²) in [5.41, 5.74) is 2.23. The summed E-state index contributed by atoms with van der Waals surface area (Å²) in [5, 5.41) is 21.5. The first kappa shape index (κ1) is 26.7. The normalized spacial score (nSPS) is 15.9. The number of carbonyl (C=O) groups is 4. The molecule has 0 saturated carbocycles. The van der Waals surface area contributed by atoms with Crippen LogP contribution in [0.15, 0.2) is 59.9 Å². The van der Waals surface area contributed by atoms with Crippen LogP contribution < -0.4 is 0 Å². The Hall–Kier alpha value is -4.40. The number of hydrogen-bond donors (Lipinski definition) is 2. The molecule has 3 aromatic rings. The van der Waals surface area contributed by atoms with Crippen molar-refractivity contribution in [3.05, 3.63) is 82.2 Å². The summed E-state index contributed by atoms with van der Waals surface area (Å²) in [7, 11) is 1.27. The number of amides is 1. The maximum Gasteiger partial charge on any atom is 0.416 e. The predicted octanol–water partition coefficient (Wildman–Crippen LogP) is 4.78. The van der Waals surface area contributed by atoms with Crippen LogP contribution in [0.3, 0.4) is 0 Å². The zero-order valence-electron chi connectivity index (χ0n) is 21.9. The van der Waals surface area contributed by atoms with Gasteiger partial charge in [0.1, 0.15) is 0 Å². The van der Waals surface area contributed by atoms with E-state index in [-0.39, 0.29) is 18.5 Å². The van der Waals surface area contributed by atoms with E-state index in [1.54, 1.807) is 24.3 Å². The van der Waals surface area contributed by atoms with E-state index in [2.05, 4.69) is 0 Å². The third-order valence-corrected chi connectivity index (χ3v) is 6.81. The standard InChI is InChI=1S/C29H30N2O7/c1-16(32)22-23(17-10-12-18(13-11-17)27(35)38-5)30(26(34)24(22)33)15-14-20-19-8-6-7-9-21(19)31(28(36)37)25(20)29(2,3)4/h6-13,23,33H,14-15H2,1-5H3,(H,36,37). The van der Waals surface area contributed by atoms with Crippen molar-refractivity contribution < 1.29 is 34.1 Å². The summed E-state index contributed by atoms with van der Waals surface area (Å²) in [6.45, 7) is 7.18. The molecule has 2 aromatic carbocycles. The molecule has 0 fully saturated rings. The van der Waals surface area contributed by atoms with Crippen LogP contribution in [-0.2, 0) is 26.2 Å². The Morgan fingerprint density at radius 2 is 1.66 bits per heavy atom. The third kappa shape index (κ3) is 4.44. The summed E-state index contributed by atoms with van der Waals surface area (Å²) < 4.78 is 6.03. The quantitative estimate of drug-likeness (QED) is 0.450. The van der Waals surface area contributed by atoms with Gasteiger partial charge in [0.25, 0.3) is 5.91 Å². The van der Waals surface area contributed by atoms with Gasteiger partial charge in [-0.1, -0.05) is 51.1 Å². The van der Waals surface area contributed by atoms with Crippen LogP contribution in [0.5, 0.6) is 0 Å². The monoisotopic (exact) mass is 518 g/mol. The highest BCUT2D eigenvalue weighted by Gasteiger charge is 2.42. The van der Waals surface area contributed by atoms with Crippen LogP contribution in [0.1, 0.15) is 60.9 Å². The Morgan fingerprint density at radius 3 is 2.21 bits per heavy atom. The number of ketones is 1. The van der Waals surface area contributed by atoms with Gasteiger partial charge in [0.15, 0.2) is 11.5 Å². The zero-order chi connectivity index (χ0) is 27.9. The van der Waals surface area contributed by atoms with Gasteiger partial charge in [-0.15, -0.1) is 0 Å². The number of carbonyl (C=O) groups excluding carboxylic acids is 3. The zero-order valence-corrected chi connectivity index (χ0v) is 21.9. The lowest BCUT2D eigenvalue weighted by atomic mass is 9.87. The molecule has 1 unspecified atom stereocenters. The number of nitrogens with zero attached hydrogens (tertiary/aromatic N) is 2. The number of carboxylic acid groups (broad SMARTS) is 1. The molecule has 2 heterocycles. The van der Waals surface area contributed by atoms with Crippen molar-refractivity contribution in [1.29, 1.82) is 0 Å². The molecule has 2 N–H and O–H groups in total. The number of aromatic nitrogens is 1. The number of methoxy groups -OCH3 is 1. The average molecular weight is 519 g/mol. The molecule has 0 bridgehead atoms. The van der Waals surface area contributed by atoms with Crippen LogP contribution >= 0.6 is 0 Å². The topological polar surface area (TPSA) is 126 Å². The molecule has 0 radical (unpaired) electrons. The second-order valence-electron chi connectivity index (χ2n) is 10.3. The number of benzene rings is 2. The maximum absolute atomic E-state index is 13.2. The maximum atomic E-state index is 13.2. The minimum atomic E-state index is -1.10. The van der Waals surface area contributed by atoms with E-state index >= 15 is 0 Å². The molecular formula is C29H30N2O7. The molecular weight excluding hydrogens is 488 g/mol. The summed E-state index contributed by atoms with van der Waals surface area (Å²) in [4.78, 5) is 51.3. The molecule has 198 valence electrons. The fourth-order valence-electron chi connectivity index (χ4n) is 5.29. The van der Waals surface area contributed by atoms with Crippen LogP contribution in [0.4, 0.5) is 4.79 Å². The van der Waals surface area contributed by atoms with E-state index in [4.69, 9.17) is 4.74 Å². The van der Waals surface area contributed by atoms with Crippen molar-refractivity contribution in [2.24, 2.45) is 0 Å². The molecule has 9 heteroatoms. The number of aliphatic hydroxyl groups is 1. The van der Waals surface area contributed by atoms with Gasteiger partial charge in [0.05, 0.1) is 29.8 Å². The van der Waals surface area contributed by atoms with Crippen LogP contribution in [-0.4, -0.2) is 57.1 Å². The van der Waals surface area contributed by atoms with Crippen LogP contribution in [0, 0.1) is 0 Å². The molecule has 1 amide bonds. The molecule has 1 aromatic heterocycles.